The van der Waals surface area contributed by atoms with E-state index in [0.29, 0.717) is 20.1 Å². The van der Waals surface area contributed by atoms with Crippen LogP contribution in [0, 0.1) is 0 Å². The normalized spacial score (nSPS) is 12.9. The molecule has 4 rings (SSSR count). The maximum Gasteiger partial charge on any atom is 0.0311 e. The predicted octanol–water partition coefficient (Wildman–Crippen LogP) is 9.44. The second kappa shape index (κ2) is 24.8. The quantitative estimate of drug-likeness (QED) is 0.0756. The van der Waals surface area contributed by atoms with Crippen LogP contribution in [0.15, 0.2) is 73.8 Å². The molecule has 4 unspecified atom stereocenters. The van der Waals surface area contributed by atoms with Gasteiger partial charge in [0.25, 0.3) is 0 Å². The molecule has 2 N–H and O–H groups in total. The van der Waals surface area contributed by atoms with E-state index in [1.165, 1.54) is 0 Å². The van der Waals surface area contributed by atoms with E-state index in [1.807, 2.05) is 39.8 Å². The average Bonchev–Trinajstić information content (AvgIpc) is 3.69. The van der Waals surface area contributed by atoms with Crippen molar-refractivity contribution < 1.29 is 59.8 Å². The summed E-state index contributed by atoms with van der Waals surface area (Å²) < 4.78 is 37.6. The number of imidazole rings is 2. The topological polar surface area (TPSA) is 156 Å². The molecule has 0 aliphatic carbocycles. The molecule has 19 heteroatoms. The van der Waals surface area contributed by atoms with Gasteiger partial charge in [-0.25, -0.2) is 9.97 Å². The Balaban J connectivity index is 0.000000725. The first-order valence-electron chi connectivity index (χ1n) is 13.8. The Morgan fingerprint density at radius 1 is 0.776 bits per heavy atom. The number of benzene rings is 2. The Kier molecular flexibility index (Phi) is 24.2. The van der Waals surface area contributed by atoms with Gasteiger partial charge >= 0.3 is 56.5 Å². The Bertz CT molecular complexity index is 1560. The van der Waals surface area contributed by atoms with Gasteiger partial charge in [-0.2, -0.15) is 0 Å². The zero-order chi connectivity index (χ0) is 37.9. The summed E-state index contributed by atoms with van der Waals surface area (Å²) in [5.74, 6) is -0.201. The fraction of sp³-hybridized carbons (Fsp3) is 0.333. The third kappa shape index (κ3) is 18.7. The Hall–Kier alpha value is -1.29. The standard InChI is InChI=1S/2C13H12Cl2N2OS.2C2H5.2Cu.H2O4S/c2*1-8(10-3-2-9(14)6-11(10)15)12(13(18)19)17-5-4-16-7-17;2*1-2;;;1-5(2,3)4/h2*2-8,12H,1H3,(H,18,19);2*1H2,2H3;;;(H2,1,2,3,4)/q;;;;2*+1;/p-2. The summed E-state index contributed by atoms with van der Waals surface area (Å²) in [7, 11) is -5.17. The van der Waals surface area contributed by atoms with Crippen molar-refractivity contribution >= 4 is 91.3 Å². The van der Waals surface area contributed by atoms with Crippen LogP contribution in [-0.4, -0.2) is 56.9 Å². The summed E-state index contributed by atoms with van der Waals surface area (Å²) in [5.41, 5.74) is 1.75. The van der Waals surface area contributed by atoms with E-state index < -0.39 is 22.5 Å². The molecular weight excluding hydrogens is 877 g/mol. The molecule has 2 heterocycles. The molecule has 0 spiro atoms. The van der Waals surface area contributed by atoms with E-state index in [9.17, 15) is 10.2 Å². The predicted molar refractivity (Wildman–Crippen MR) is 194 cm³/mol. The molecule has 4 atom stereocenters. The number of nitrogens with zero attached hydrogens (tertiary/aromatic N) is 4. The van der Waals surface area contributed by atoms with Gasteiger partial charge in [-0.15, -0.1) is 0 Å². The van der Waals surface area contributed by atoms with Gasteiger partial charge in [-0.3, -0.25) is 8.42 Å². The molecule has 4 aromatic rings. The van der Waals surface area contributed by atoms with E-state index in [0.717, 1.165) is 21.8 Å². The van der Waals surface area contributed by atoms with Gasteiger partial charge in [-0.05, 0) is 59.8 Å². The molecule has 0 amide bonds. The van der Waals surface area contributed by atoms with Crippen molar-refractivity contribution in [2.45, 2.75) is 62.3 Å². The van der Waals surface area contributed by atoms with Gasteiger partial charge in [0.2, 0.25) is 0 Å². The third-order valence-electron chi connectivity index (χ3n) is 6.05. The maximum absolute atomic E-state index is 9.77. The minimum absolute atomic E-state index is 0.100. The Morgan fingerprint density at radius 2 is 1.06 bits per heavy atom. The van der Waals surface area contributed by atoms with Crippen LogP contribution in [-0.2, 0) is 42.4 Å². The number of thiocarbonyl (C=S) groups is 2. The van der Waals surface area contributed by atoms with Crippen molar-refractivity contribution in [2.75, 3.05) is 0 Å². The van der Waals surface area contributed by atoms with Crippen molar-refractivity contribution in [3.63, 3.8) is 0 Å². The minimum Gasteiger partial charge on any atom is -0.759 e. The van der Waals surface area contributed by atoms with E-state index in [1.54, 1.807) is 70.8 Å². The van der Waals surface area contributed by atoms with E-state index >= 15 is 0 Å². The number of hydrogen-bond acceptors (Lipinski definition) is 8. The van der Waals surface area contributed by atoms with E-state index in [4.69, 9.17) is 88.4 Å². The molecule has 2 aromatic carbocycles. The molecule has 0 radical (unpaired) electrons. The van der Waals surface area contributed by atoms with Gasteiger partial charge in [0, 0.05) is 67.1 Å². The van der Waals surface area contributed by atoms with Crippen LogP contribution < -0.4 is 0 Å². The van der Waals surface area contributed by atoms with E-state index in [-0.39, 0.29) is 21.9 Å². The van der Waals surface area contributed by atoms with Gasteiger partial charge in [0.05, 0.1) is 12.7 Å². The van der Waals surface area contributed by atoms with Crippen molar-refractivity contribution in [3.8, 4) is 0 Å². The van der Waals surface area contributed by atoms with Gasteiger partial charge in [0.1, 0.15) is 12.1 Å². The van der Waals surface area contributed by atoms with Crippen LogP contribution in [0.3, 0.4) is 0 Å². The minimum atomic E-state index is -5.17. The summed E-state index contributed by atoms with van der Waals surface area (Å²) >= 11 is 43.1. The molecule has 49 heavy (non-hydrogen) atoms. The first kappa shape index (κ1) is 47.7. The molecule has 0 saturated heterocycles. The largest absolute Gasteiger partial charge is 0.759 e. The van der Waals surface area contributed by atoms with Gasteiger partial charge in [0.15, 0.2) is 10.1 Å². The summed E-state index contributed by atoms with van der Waals surface area (Å²) in [5, 5.41) is 23.2. The molecule has 0 aliphatic heterocycles. The summed E-state index contributed by atoms with van der Waals surface area (Å²) in [4.78, 5) is 7.95. The zero-order valence-corrected chi connectivity index (χ0v) is 33.7. The first-order valence-corrected chi connectivity index (χ1v) is 18.8. The number of rotatable bonds is 8. The van der Waals surface area contributed by atoms with E-state index in [2.05, 4.69) is 42.0 Å². The SMILES string of the molecule is CC(c1ccc(Cl)cc1Cl)C(C(O)=S)n1ccnc1.CC(c1ccc(Cl)cc1Cl)C(C(O)=S)n1ccnc1.C[CH2][Cu+].C[CH2][Cu+].O=S(=O)([O-])[O-]. The summed E-state index contributed by atoms with van der Waals surface area (Å²) in [6, 6.07) is 9.80. The second-order valence-corrected chi connectivity index (χ2v) is 14.0. The van der Waals surface area contributed by atoms with Crippen molar-refractivity contribution in [3.05, 3.63) is 105 Å². The average molecular weight is 912 g/mol. The molecule has 278 valence electrons. The summed E-state index contributed by atoms with van der Waals surface area (Å²) in [6.07, 6.45) is 10.0. The summed E-state index contributed by atoms with van der Waals surface area (Å²) in [6.45, 7) is 7.75. The van der Waals surface area contributed by atoms with Crippen LogP contribution in [0.5, 0.6) is 0 Å². The van der Waals surface area contributed by atoms with Crippen LogP contribution >= 0.6 is 70.8 Å². The number of hydrogen-bond donors (Lipinski definition) is 2. The van der Waals surface area contributed by atoms with Crippen molar-refractivity contribution in [1.29, 1.82) is 0 Å². The van der Waals surface area contributed by atoms with Crippen LogP contribution in [0.4, 0.5) is 0 Å². The number of aromatic nitrogens is 4. The fourth-order valence-corrected chi connectivity index (χ4v) is 5.96. The van der Waals surface area contributed by atoms with Crippen LogP contribution in [0.25, 0.3) is 0 Å². The molecule has 10 nitrogen and oxygen atoms in total. The van der Waals surface area contributed by atoms with Gasteiger partial charge in [-0.1, -0.05) is 72.4 Å². The monoisotopic (exact) mass is 908 g/mol. The van der Waals surface area contributed by atoms with Gasteiger partial charge < -0.3 is 28.5 Å². The molecular formula is C30H34Cl4Cu2N4O6S3. The van der Waals surface area contributed by atoms with Crippen molar-refractivity contribution in [2.24, 2.45) is 0 Å². The molecule has 0 bridgehead atoms. The first-order chi connectivity index (χ1) is 22.8. The van der Waals surface area contributed by atoms with Crippen LogP contribution in [0.2, 0.25) is 30.7 Å². The van der Waals surface area contributed by atoms with Crippen molar-refractivity contribution in [1.82, 2.24) is 19.1 Å². The fourth-order valence-electron chi connectivity index (χ4n) is 4.15. The maximum atomic E-state index is 9.77. The molecule has 0 aliphatic rings. The van der Waals surface area contributed by atoms with Crippen LogP contribution in [0.1, 0.15) is 62.7 Å². The second-order valence-electron chi connectivity index (χ2n) is 9.33. The third-order valence-corrected chi connectivity index (χ3v) is 7.66. The number of halogens is 4. The Labute approximate surface area is 334 Å². The Morgan fingerprint density at radius 3 is 1.27 bits per heavy atom. The number of aliphatic hydroxyl groups excluding tert-OH is 2. The zero-order valence-electron chi connectivity index (χ0n) is 26.3. The molecule has 2 aromatic heterocycles. The number of aliphatic hydroxyl groups is 2. The molecule has 0 saturated carbocycles. The smallest absolute Gasteiger partial charge is 0.0311 e. The molecule has 0 fully saturated rings.